The average Bonchev–Trinajstić information content (AvgIpc) is 3.43. The second-order valence-corrected chi connectivity index (χ2v) is 7.20. The summed E-state index contributed by atoms with van der Waals surface area (Å²) in [6.07, 6.45) is 2.02. The number of hydrogen-bond donors (Lipinski definition) is 2. The summed E-state index contributed by atoms with van der Waals surface area (Å²) in [5.74, 6) is -0.368. The second kappa shape index (κ2) is 6.13. The first kappa shape index (κ1) is 16.1. The molecule has 0 atom stereocenters. The van der Waals surface area contributed by atoms with Gasteiger partial charge in [0.15, 0.2) is 0 Å². The number of aliphatic hydroxyl groups is 1. The lowest BCUT2D eigenvalue weighted by Gasteiger charge is -2.30. The van der Waals surface area contributed by atoms with Crippen molar-refractivity contribution in [2.45, 2.75) is 25.5 Å². The zero-order valence-corrected chi connectivity index (χ0v) is 14.8. The van der Waals surface area contributed by atoms with Crippen LogP contribution in [0.25, 0.3) is 10.9 Å². The lowest BCUT2D eigenvalue weighted by atomic mass is 10.1. The molecule has 4 rings (SSSR count). The third-order valence-electron chi connectivity index (χ3n) is 4.83. The van der Waals surface area contributed by atoms with Crippen molar-refractivity contribution in [3.8, 4) is 0 Å². The Morgan fingerprint density at radius 1 is 1.29 bits per heavy atom. The van der Waals surface area contributed by atoms with Gasteiger partial charge in [-0.3, -0.25) is 4.79 Å². The molecule has 0 spiro atoms. The molecule has 128 valence electrons. The van der Waals surface area contributed by atoms with Gasteiger partial charge in [0, 0.05) is 37.6 Å². The molecule has 7 heteroatoms. The van der Waals surface area contributed by atoms with Crippen LogP contribution < -0.4 is 15.6 Å². The van der Waals surface area contributed by atoms with E-state index in [2.05, 4.69) is 21.2 Å². The zero-order chi connectivity index (χ0) is 16.8. The molecule has 0 amide bonds. The molecule has 5 nitrogen and oxygen atoms in total. The number of anilines is 1. The van der Waals surface area contributed by atoms with Crippen LogP contribution in [0.1, 0.15) is 24.6 Å². The first-order valence-corrected chi connectivity index (χ1v) is 9.03. The van der Waals surface area contributed by atoms with E-state index in [1.165, 1.54) is 6.07 Å². The van der Waals surface area contributed by atoms with Crippen molar-refractivity contribution < 1.29 is 9.50 Å². The highest BCUT2D eigenvalue weighted by molar-refractivity contribution is 9.10. The molecular weight excluding hydrogens is 377 g/mol. The van der Waals surface area contributed by atoms with Crippen LogP contribution in [0.4, 0.5) is 10.1 Å². The zero-order valence-electron chi connectivity index (χ0n) is 13.2. The van der Waals surface area contributed by atoms with E-state index in [0.29, 0.717) is 26.8 Å². The minimum absolute atomic E-state index is 0.220. The van der Waals surface area contributed by atoms with Crippen molar-refractivity contribution in [3.63, 3.8) is 0 Å². The van der Waals surface area contributed by atoms with Gasteiger partial charge in [0.2, 0.25) is 5.43 Å². The van der Waals surface area contributed by atoms with Crippen LogP contribution >= 0.6 is 15.9 Å². The van der Waals surface area contributed by atoms with Crippen LogP contribution in [-0.4, -0.2) is 35.9 Å². The first-order valence-electron chi connectivity index (χ1n) is 8.24. The lowest BCUT2D eigenvalue weighted by molar-refractivity contribution is 0.269. The van der Waals surface area contributed by atoms with E-state index in [0.717, 1.165) is 39.0 Å². The fourth-order valence-corrected chi connectivity index (χ4v) is 4.01. The summed E-state index contributed by atoms with van der Waals surface area (Å²) in [6, 6.07) is 3.40. The third-order valence-corrected chi connectivity index (χ3v) is 5.65. The molecule has 2 N–H and O–H groups in total. The fourth-order valence-electron chi connectivity index (χ4n) is 3.48. The molecule has 24 heavy (non-hydrogen) atoms. The Labute approximate surface area is 147 Å². The fraction of sp³-hybridized carbons (Fsp3) is 0.471. The van der Waals surface area contributed by atoms with Gasteiger partial charge in [-0.05, 0) is 40.9 Å². The second-order valence-electron chi connectivity index (χ2n) is 6.41. The number of hydrogen-bond acceptors (Lipinski definition) is 4. The van der Waals surface area contributed by atoms with Gasteiger partial charge in [-0.2, -0.15) is 0 Å². The molecule has 2 aliphatic rings. The Bertz CT molecular complexity index is 857. The largest absolute Gasteiger partial charge is 0.390 e. The maximum Gasteiger partial charge on any atom is 0.204 e. The Morgan fingerprint density at radius 3 is 2.62 bits per heavy atom. The van der Waals surface area contributed by atoms with Crippen LogP contribution in [0.5, 0.6) is 0 Å². The molecular formula is C17H19BrFN3O2. The highest BCUT2D eigenvalue weighted by Crippen LogP contribution is 2.40. The van der Waals surface area contributed by atoms with Crippen LogP contribution in [0.2, 0.25) is 0 Å². The molecule has 1 aliphatic carbocycles. The van der Waals surface area contributed by atoms with Crippen LogP contribution in [-0.2, 0) is 6.61 Å². The van der Waals surface area contributed by atoms with E-state index in [1.54, 1.807) is 6.07 Å². The van der Waals surface area contributed by atoms with Gasteiger partial charge < -0.3 is 19.9 Å². The maximum atomic E-state index is 14.7. The van der Waals surface area contributed by atoms with Crippen molar-refractivity contribution in [1.29, 1.82) is 0 Å². The number of aromatic nitrogens is 1. The van der Waals surface area contributed by atoms with Gasteiger partial charge in [0.05, 0.1) is 28.0 Å². The van der Waals surface area contributed by atoms with Crippen LogP contribution in [0.3, 0.4) is 0 Å². The predicted octanol–water partition coefficient (Wildman–Crippen LogP) is 2.14. The van der Waals surface area contributed by atoms with E-state index in [1.807, 2.05) is 9.47 Å². The Hall–Kier alpha value is -1.44. The topological polar surface area (TPSA) is 57.5 Å². The average molecular weight is 396 g/mol. The molecule has 1 aromatic carbocycles. The summed E-state index contributed by atoms with van der Waals surface area (Å²) in [4.78, 5) is 14.6. The van der Waals surface area contributed by atoms with E-state index < -0.39 is 0 Å². The summed E-state index contributed by atoms with van der Waals surface area (Å²) in [6.45, 7) is 2.88. The van der Waals surface area contributed by atoms with Crippen molar-refractivity contribution >= 4 is 32.5 Å². The summed E-state index contributed by atoms with van der Waals surface area (Å²) in [7, 11) is 0. The minimum Gasteiger partial charge on any atom is -0.390 e. The van der Waals surface area contributed by atoms with E-state index in [9.17, 15) is 14.3 Å². The Kier molecular flexibility index (Phi) is 4.10. The predicted molar refractivity (Wildman–Crippen MR) is 95.1 cm³/mol. The number of nitrogens with zero attached hydrogens (tertiary/aromatic N) is 2. The molecule has 2 fully saturated rings. The van der Waals surface area contributed by atoms with Crippen LogP contribution in [0, 0.1) is 5.82 Å². The summed E-state index contributed by atoms with van der Waals surface area (Å²) in [5.41, 5.74) is 1.55. The van der Waals surface area contributed by atoms with E-state index in [-0.39, 0.29) is 23.9 Å². The number of halogens is 2. The highest BCUT2D eigenvalue weighted by atomic mass is 79.9. The smallest absolute Gasteiger partial charge is 0.204 e. The molecule has 0 bridgehead atoms. The number of rotatable bonds is 3. The molecule has 0 unspecified atom stereocenters. The summed E-state index contributed by atoms with van der Waals surface area (Å²) in [5, 5.41) is 13.4. The maximum absolute atomic E-state index is 14.7. The van der Waals surface area contributed by atoms with Crippen LogP contribution in [0.15, 0.2) is 21.4 Å². The molecule has 2 aromatic rings. The SMILES string of the molecule is O=c1c(Br)c(CO)n(C2CC2)c2cc(N3CCNCC3)c(F)cc12. The Balaban J connectivity index is 1.98. The molecule has 1 aromatic heterocycles. The minimum atomic E-state index is -0.368. The van der Waals surface area contributed by atoms with E-state index in [4.69, 9.17) is 0 Å². The van der Waals surface area contributed by atoms with Gasteiger partial charge in [0.1, 0.15) is 5.82 Å². The molecule has 1 saturated heterocycles. The van der Waals surface area contributed by atoms with Crippen molar-refractivity contribution in [3.05, 3.63) is 38.3 Å². The first-order chi connectivity index (χ1) is 11.6. The lowest BCUT2D eigenvalue weighted by Crippen LogP contribution is -2.43. The molecule has 1 saturated carbocycles. The normalized spacial score (nSPS) is 18.4. The number of aliphatic hydroxyl groups excluding tert-OH is 1. The van der Waals surface area contributed by atoms with Gasteiger partial charge in [-0.15, -0.1) is 0 Å². The molecule has 2 heterocycles. The van der Waals surface area contributed by atoms with Gasteiger partial charge in [0.25, 0.3) is 0 Å². The molecule has 1 aliphatic heterocycles. The summed E-state index contributed by atoms with van der Waals surface area (Å²) < 4.78 is 17.0. The number of piperazine rings is 1. The quantitative estimate of drug-likeness (QED) is 0.835. The van der Waals surface area contributed by atoms with Gasteiger partial charge >= 0.3 is 0 Å². The van der Waals surface area contributed by atoms with E-state index >= 15 is 0 Å². The third kappa shape index (κ3) is 2.55. The van der Waals surface area contributed by atoms with Gasteiger partial charge in [-0.25, -0.2) is 4.39 Å². The highest BCUT2D eigenvalue weighted by Gasteiger charge is 2.29. The Morgan fingerprint density at radius 2 is 2.00 bits per heavy atom. The van der Waals surface area contributed by atoms with Crippen molar-refractivity contribution in [1.82, 2.24) is 9.88 Å². The summed E-state index contributed by atoms with van der Waals surface area (Å²) >= 11 is 3.29. The number of nitrogens with one attached hydrogen (secondary N) is 1. The van der Waals surface area contributed by atoms with Crippen molar-refractivity contribution in [2.75, 3.05) is 31.1 Å². The monoisotopic (exact) mass is 395 g/mol. The standard InChI is InChI=1S/C17H19BrFN3O2/c18-16-15(9-23)22(10-1-2-10)13-8-14(21-5-3-20-4-6-21)12(19)7-11(13)17(16)24/h7-8,10,20,23H,1-6,9H2. The number of fused-ring (bicyclic) bond motifs is 1. The number of pyridine rings is 1. The number of benzene rings is 1. The van der Waals surface area contributed by atoms with Crippen molar-refractivity contribution in [2.24, 2.45) is 0 Å². The molecule has 0 radical (unpaired) electrons. The van der Waals surface area contributed by atoms with Gasteiger partial charge in [-0.1, -0.05) is 0 Å².